The van der Waals surface area contributed by atoms with Crippen molar-refractivity contribution in [1.82, 2.24) is 15.6 Å². The molecular weight excluding hydrogens is 384 g/mol. The van der Waals surface area contributed by atoms with Crippen molar-refractivity contribution in [1.29, 1.82) is 0 Å². The predicted octanol–water partition coefficient (Wildman–Crippen LogP) is 4.36. The molecule has 0 amide bonds. The van der Waals surface area contributed by atoms with E-state index in [0.717, 1.165) is 51.7 Å². The zero-order chi connectivity index (χ0) is 22.3. The molecule has 4 N–H and O–H groups in total. The molecule has 1 heterocycles. The van der Waals surface area contributed by atoms with E-state index in [9.17, 15) is 5.11 Å². The number of nitrogens with one attached hydrogen (secondary N) is 3. The molecule has 3 rings (SSSR count). The highest BCUT2D eigenvalue weighted by atomic mass is 16.3. The van der Waals surface area contributed by atoms with Crippen molar-refractivity contribution in [2.45, 2.75) is 109 Å². The highest BCUT2D eigenvalue weighted by molar-refractivity contribution is 5.56. The molecular formula is C26H46N4O. The third-order valence-corrected chi connectivity index (χ3v) is 7.41. The van der Waals surface area contributed by atoms with Gasteiger partial charge in [-0.3, -0.25) is 4.99 Å². The quantitative estimate of drug-likeness (QED) is 0.311. The van der Waals surface area contributed by atoms with Crippen LogP contribution >= 0.6 is 0 Å². The van der Waals surface area contributed by atoms with Gasteiger partial charge in [0.05, 0.1) is 5.60 Å². The van der Waals surface area contributed by atoms with Crippen LogP contribution in [0.25, 0.3) is 0 Å². The number of aromatic nitrogens is 1. The van der Waals surface area contributed by atoms with E-state index >= 15 is 0 Å². The number of fused-ring (bicyclic) bond motifs is 1. The van der Waals surface area contributed by atoms with E-state index in [2.05, 4.69) is 40.7 Å². The topological polar surface area (TPSA) is 72.4 Å². The lowest BCUT2D eigenvalue weighted by Gasteiger charge is -2.35. The SMILES string of the molecule is CCC=NCCCNC1CCC(NCCc2c[nH]c3c2CCCC3C(C)(C)O)C(C)C1. The molecule has 0 bridgehead atoms. The molecule has 5 heteroatoms. The molecule has 0 aliphatic heterocycles. The first-order valence-electron chi connectivity index (χ1n) is 12.8. The Labute approximate surface area is 189 Å². The minimum atomic E-state index is -0.652. The molecule has 1 aromatic heterocycles. The third kappa shape index (κ3) is 6.90. The number of rotatable bonds is 11. The van der Waals surface area contributed by atoms with Crippen LogP contribution < -0.4 is 10.6 Å². The summed E-state index contributed by atoms with van der Waals surface area (Å²) >= 11 is 0. The molecule has 1 fully saturated rings. The molecule has 2 aliphatic rings. The maximum Gasteiger partial charge on any atom is 0.0674 e. The van der Waals surface area contributed by atoms with Gasteiger partial charge in [0.2, 0.25) is 0 Å². The number of aromatic amines is 1. The molecule has 31 heavy (non-hydrogen) atoms. The van der Waals surface area contributed by atoms with Gasteiger partial charge in [0.15, 0.2) is 0 Å². The van der Waals surface area contributed by atoms with Gasteiger partial charge in [-0.15, -0.1) is 0 Å². The van der Waals surface area contributed by atoms with Crippen LogP contribution in [0.1, 0.15) is 95.4 Å². The Bertz CT molecular complexity index is 690. The van der Waals surface area contributed by atoms with Crippen LogP contribution in [0, 0.1) is 5.92 Å². The van der Waals surface area contributed by atoms with Crippen molar-refractivity contribution >= 4 is 6.21 Å². The Kier molecular flexibility index (Phi) is 9.18. The summed E-state index contributed by atoms with van der Waals surface area (Å²) in [5.41, 5.74) is 3.56. The maximum atomic E-state index is 10.6. The number of hydrogen-bond donors (Lipinski definition) is 4. The lowest BCUT2D eigenvalue weighted by atomic mass is 9.77. The molecule has 1 aromatic rings. The predicted molar refractivity (Wildman–Crippen MR) is 131 cm³/mol. The Morgan fingerprint density at radius 3 is 2.81 bits per heavy atom. The van der Waals surface area contributed by atoms with Crippen molar-refractivity contribution in [3.63, 3.8) is 0 Å². The summed E-state index contributed by atoms with van der Waals surface area (Å²) in [6.07, 6.45) is 14.7. The largest absolute Gasteiger partial charge is 0.390 e. The molecule has 176 valence electrons. The van der Waals surface area contributed by atoms with Crippen molar-refractivity contribution in [3.05, 3.63) is 23.0 Å². The van der Waals surface area contributed by atoms with E-state index < -0.39 is 5.60 Å². The molecule has 4 atom stereocenters. The minimum absolute atomic E-state index is 0.235. The minimum Gasteiger partial charge on any atom is -0.390 e. The number of hydrogen-bond acceptors (Lipinski definition) is 4. The summed E-state index contributed by atoms with van der Waals surface area (Å²) in [7, 11) is 0. The molecule has 4 unspecified atom stereocenters. The normalized spacial score (nSPS) is 27.0. The molecule has 0 spiro atoms. The van der Waals surface area contributed by atoms with E-state index in [4.69, 9.17) is 0 Å². The molecule has 0 radical (unpaired) electrons. The smallest absolute Gasteiger partial charge is 0.0674 e. The molecule has 2 aliphatic carbocycles. The third-order valence-electron chi connectivity index (χ3n) is 7.41. The van der Waals surface area contributed by atoms with Gasteiger partial charge in [0, 0.05) is 36.4 Å². The van der Waals surface area contributed by atoms with E-state index in [1.807, 2.05) is 20.1 Å². The van der Waals surface area contributed by atoms with Crippen LogP contribution in [-0.2, 0) is 12.8 Å². The van der Waals surface area contributed by atoms with Gasteiger partial charge < -0.3 is 20.7 Å². The fourth-order valence-electron chi connectivity index (χ4n) is 5.65. The zero-order valence-corrected chi connectivity index (χ0v) is 20.3. The van der Waals surface area contributed by atoms with Crippen LogP contribution in [-0.4, -0.2) is 53.6 Å². The van der Waals surface area contributed by atoms with E-state index in [1.54, 1.807) is 0 Å². The van der Waals surface area contributed by atoms with Crippen LogP contribution in [0.5, 0.6) is 0 Å². The average molecular weight is 431 g/mol. The number of H-pyrrole nitrogens is 1. The molecule has 0 saturated heterocycles. The monoisotopic (exact) mass is 430 g/mol. The lowest BCUT2D eigenvalue weighted by molar-refractivity contribution is 0.0422. The van der Waals surface area contributed by atoms with Gasteiger partial charge in [-0.2, -0.15) is 0 Å². The molecule has 5 nitrogen and oxygen atoms in total. The maximum absolute atomic E-state index is 10.6. The highest BCUT2D eigenvalue weighted by Gasteiger charge is 2.34. The number of aliphatic hydroxyl groups is 1. The van der Waals surface area contributed by atoms with Crippen LogP contribution in [0.2, 0.25) is 0 Å². The van der Waals surface area contributed by atoms with Gasteiger partial charge in [-0.1, -0.05) is 13.8 Å². The first kappa shape index (κ1) is 24.5. The first-order chi connectivity index (χ1) is 14.9. The van der Waals surface area contributed by atoms with E-state index in [0.29, 0.717) is 18.0 Å². The standard InChI is InChI=1S/C26H46N4O/c1-5-13-27-14-7-15-28-21-10-11-24(19(2)17-21)29-16-12-20-18-30-25-22(20)8-6-9-23(25)26(3,4)31/h13,18-19,21,23-24,28-31H,5-12,14-17H2,1-4H3. The summed E-state index contributed by atoms with van der Waals surface area (Å²) in [6, 6.07) is 1.30. The summed E-state index contributed by atoms with van der Waals surface area (Å²) in [5.74, 6) is 0.947. The van der Waals surface area contributed by atoms with Crippen molar-refractivity contribution in [2.24, 2.45) is 10.9 Å². The van der Waals surface area contributed by atoms with Crippen LogP contribution in [0.15, 0.2) is 11.2 Å². The van der Waals surface area contributed by atoms with E-state index in [1.165, 1.54) is 42.5 Å². The Morgan fingerprint density at radius 1 is 1.23 bits per heavy atom. The zero-order valence-electron chi connectivity index (χ0n) is 20.3. The summed E-state index contributed by atoms with van der Waals surface area (Å²) in [5, 5.41) is 18.2. The average Bonchev–Trinajstić information content (AvgIpc) is 3.14. The Morgan fingerprint density at radius 2 is 2.06 bits per heavy atom. The summed E-state index contributed by atoms with van der Waals surface area (Å²) in [6.45, 7) is 11.5. The van der Waals surface area contributed by atoms with Crippen LogP contribution in [0.3, 0.4) is 0 Å². The second-order valence-electron chi connectivity index (χ2n) is 10.4. The van der Waals surface area contributed by atoms with Crippen molar-refractivity contribution in [2.75, 3.05) is 19.6 Å². The number of aliphatic imine (C=N–C) groups is 1. The van der Waals surface area contributed by atoms with Gasteiger partial charge in [0.25, 0.3) is 0 Å². The fraction of sp³-hybridized carbons (Fsp3) is 0.808. The van der Waals surface area contributed by atoms with Gasteiger partial charge in [-0.25, -0.2) is 0 Å². The summed E-state index contributed by atoms with van der Waals surface area (Å²) < 4.78 is 0. The molecule has 0 aromatic carbocycles. The number of nitrogens with zero attached hydrogens (tertiary/aromatic N) is 1. The second kappa shape index (κ2) is 11.6. The highest BCUT2D eigenvalue weighted by Crippen LogP contribution is 2.39. The fourth-order valence-corrected chi connectivity index (χ4v) is 5.65. The van der Waals surface area contributed by atoms with Gasteiger partial charge in [0.1, 0.15) is 0 Å². The van der Waals surface area contributed by atoms with Gasteiger partial charge in [-0.05, 0) is 108 Å². The Balaban J connectivity index is 1.39. The van der Waals surface area contributed by atoms with Gasteiger partial charge >= 0.3 is 0 Å². The second-order valence-corrected chi connectivity index (χ2v) is 10.4. The summed E-state index contributed by atoms with van der Waals surface area (Å²) in [4.78, 5) is 7.92. The van der Waals surface area contributed by atoms with Crippen LogP contribution in [0.4, 0.5) is 0 Å². The van der Waals surface area contributed by atoms with Crippen molar-refractivity contribution in [3.8, 4) is 0 Å². The van der Waals surface area contributed by atoms with E-state index in [-0.39, 0.29) is 5.92 Å². The Hall–Kier alpha value is -1.17. The van der Waals surface area contributed by atoms with Crippen molar-refractivity contribution < 1.29 is 5.11 Å². The molecule has 1 saturated carbocycles. The lowest BCUT2D eigenvalue weighted by Crippen LogP contribution is -2.45. The first-order valence-corrected chi connectivity index (χ1v) is 12.8.